The number of unbranched alkanes of at least 4 members (excludes halogenated alkanes) is 2. The van der Waals surface area contributed by atoms with Gasteiger partial charge in [0.05, 0.1) is 11.7 Å². The van der Waals surface area contributed by atoms with E-state index in [2.05, 4.69) is 26.3 Å². The van der Waals surface area contributed by atoms with Crippen LogP contribution in [0.1, 0.15) is 65.2 Å². The summed E-state index contributed by atoms with van der Waals surface area (Å²) in [7, 11) is 5.46. The van der Waals surface area contributed by atoms with Crippen LogP contribution in [0, 0.1) is 5.92 Å². The smallest absolute Gasteiger partial charge is 0.312 e. The molecule has 17 heteroatoms. The number of nitrogens with zero attached hydrogens (tertiary/aromatic N) is 2. The minimum atomic E-state index is -1.12. The molecular weight excluding hydrogens is 573 g/mol. The molecule has 1 heterocycles. The maximum atomic E-state index is 13.3. The Morgan fingerprint density at radius 1 is 0.841 bits per heavy atom. The van der Waals surface area contributed by atoms with Crippen molar-refractivity contribution in [1.82, 2.24) is 26.2 Å². The van der Waals surface area contributed by atoms with Crippen molar-refractivity contribution < 1.29 is 33.6 Å². The Morgan fingerprint density at radius 2 is 1.45 bits per heavy atom. The number of rotatable bonds is 21. The molecule has 44 heavy (non-hydrogen) atoms. The van der Waals surface area contributed by atoms with Crippen LogP contribution in [-0.2, 0) is 28.8 Å². The number of nitrogens with one attached hydrogen (secondary N) is 4. The first-order chi connectivity index (χ1) is 20.7. The van der Waals surface area contributed by atoms with E-state index in [-0.39, 0.29) is 74.9 Å². The molecule has 0 aromatic heterocycles. The molecule has 7 amide bonds. The monoisotopic (exact) mass is 617 g/mol. The van der Waals surface area contributed by atoms with Gasteiger partial charge in [0.2, 0.25) is 17.7 Å². The summed E-state index contributed by atoms with van der Waals surface area (Å²) in [5.41, 5.74) is 14.9. The van der Waals surface area contributed by atoms with E-state index in [1.54, 1.807) is 13.8 Å². The highest BCUT2D eigenvalue weighted by Gasteiger charge is 2.30. The van der Waals surface area contributed by atoms with Crippen LogP contribution in [0.4, 0.5) is 4.79 Å². The first kappa shape index (κ1) is 37.6. The number of hydrogen-bond acceptors (Lipinski definition) is 8. The molecule has 0 saturated heterocycles. The van der Waals surface area contributed by atoms with Crippen molar-refractivity contribution in [2.75, 3.05) is 19.6 Å². The average Bonchev–Trinajstić information content (AvgIpc) is 3.26. The second-order valence-corrected chi connectivity index (χ2v) is 10.7. The molecule has 2 radical (unpaired) electrons. The molecule has 0 aromatic rings. The van der Waals surface area contributed by atoms with Gasteiger partial charge < -0.3 is 43.3 Å². The molecule has 3 atom stereocenters. The van der Waals surface area contributed by atoms with Gasteiger partial charge in [-0.3, -0.25) is 33.9 Å². The summed E-state index contributed by atoms with van der Waals surface area (Å²) in [4.78, 5) is 90.3. The number of amides is 7. The van der Waals surface area contributed by atoms with Gasteiger partial charge in [0.25, 0.3) is 11.8 Å². The summed E-state index contributed by atoms with van der Waals surface area (Å²) in [6.45, 7) is 4.07. The summed E-state index contributed by atoms with van der Waals surface area (Å²) in [5, 5.41) is 10.3. The van der Waals surface area contributed by atoms with E-state index in [1.807, 2.05) is 0 Å². The first-order valence-corrected chi connectivity index (χ1v) is 14.5. The largest absolute Gasteiger partial charge is 0.370 e. The molecule has 1 aliphatic heterocycles. The fourth-order valence-electron chi connectivity index (χ4n) is 4.27. The highest BCUT2D eigenvalue weighted by atomic mass is 16.2. The molecule has 16 nitrogen and oxygen atoms in total. The van der Waals surface area contributed by atoms with Crippen molar-refractivity contribution in [2.24, 2.45) is 28.1 Å². The second kappa shape index (κ2) is 19.7. The lowest BCUT2D eigenvalue weighted by molar-refractivity contribution is -0.137. The zero-order chi connectivity index (χ0) is 33.2. The van der Waals surface area contributed by atoms with Gasteiger partial charge in [-0.05, 0) is 44.4 Å². The van der Waals surface area contributed by atoms with Crippen molar-refractivity contribution in [1.29, 1.82) is 0 Å². The predicted molar refractivity (Wildman–Crippen MR) is 162 cm³/mol. The van der Waals surface area contributed by atoms with Crippen LogP contribution in [0.3, 0.4) is 0 Å². The van der Waals surface area contributed by atoms with Crippen LogP contribution in [0.25, 0.3) is 0 Å². The van der Waals surface area contributed by atoms with Gasteiger partial charge in [-0.1, -0.05) is 20.3 Å². The van der Waals surface area contributed by atoms with Crippen molar-refractivity contribution in [2.45, 2.75) is 83.3 Å². The lowest BCUT2D eigenvalue weighted by Gasteiger charge is -2.26. The predicted octanol–water partition coefficient (Wildman–Crippen LogP) is -2.22. The van der Waals surface area contributed by atoms with Gasteiger partial charge in [0, 0.05) is 38.2 Å². The lowest BCUT2D eigenvalue weighted by atomic mass is 9.91. The number of primary amides is 1. The topological polar surface area (TPSA) is 261 Å². The van der Waals surface area contributed by atoms with Crippen LogP contribution in [-0.4, -0.2) is 97.7 Å². The molecule has 0 bridgehead atoms. The Bertz CT molecular complexity index is 1090. The Morgan fingerprint density at radius 3 is 2.02 bits per heavy atom. The van der Waals surface area contributed by atoms with Crippen molar-refractivity contribution in [3.8, 4) is 0 Å². The zero-order valence-electron chi connectivity index (χ0n) is 25.3. The van der Waals surface area contributed by atoms with E-state index < -0.39 is 41.7 Å². The van der Waals surface area contributed by atoms with E-state index in [9.17, 15) is 33.6 Å². The normalized spacial score (nSPS) is 14.5. The highest BCUT2D eigenvalue weighted by Crippen LogP contribution is 2.10. The maximum absolute atomic E-state index is 13.3. The molecule has 0 spiro atoms. The zero-order valence-corrected chi connectivity index (χ0v) is 25.3. The van der Waals surface area contributed by atoms with Crippen molar-refractivity contribution >= 4 is 55.1 Å². The molecule has 1 rings (SSSR count). The van der Waals surface area contributed by atoms with E-state index in [0.717, 1.165) is 4.90 Å². The molecule has 1 unspecified atom stereocenters. The van der Waals surface area contributed by atoms with Gasteiger partial charge in [-0.25, -0.2) is 4.79 Å². The second-order valence-electron chi connectivity index (χ2n) is 10.7. The van der Waals surface area contributed by atoms with Gasteiger partial charge in [0.1, 0.15) is 12.1 Å². The Kier molecular flexibility index (Phi) is 16.8. The Hall–Kier alpha value is -4.44. The fraction of sp³-hybridized carbons (Fsp3) is 0.630. The quantitative estimate of drug-likeness (QED) is 0.0241. The van der Waals surface area contributed by atoms with E-state index >= 15 is 0 Å². The van der Waals surface area contributed by atoms with E-state index in [0.29, 0.717) is 25.7 Å². The number of aliphatic imine (C=N–C) groups is 1. The number of imide groups is 1. The van der Waals surface area contributed by atoms with E-state index in [4.69, 9.17) is 25.0 Å². The highest BCUT2D eigenvalue weighted by molar-refractivity contribution is 6.59. The van der Waals surface area contributed by atoms with Crippen LogP contribution in [0.15, 0.2) is 17.1 Å². The summed E-state index contributed by atoms with van der Waals surface area (Å²) < 4.78 is 0. The Balaban J connectivity index is 2.76. The molecular formula is C27H44BN9O7. The van der Waals surface area contributed by atoms with Gasteiger partial charge in [-0.2, -0.15) is 0 Å². The summed E-state index contributed by atoms with van der Waals surface area (Å²) in [6, 6.07) is -3.90. The number of carbonyl (C=O) groups is 7. The van der Waals surface area contributed by atoms with Gasteiger partial charge in [0.15, 0.2) is 13.8 Å². The minimum Gasteiger partial charge on any atom is -0.370 e. The third kappa shape index (κ3) is 14.6. The molecule has 0 saturated carbocycles. The summed E-state index contributed by atoms with van der Waals surface area (Å²) in [5.74, 6) is -2.84. The SMILES string of the molecule is [B]C(=O)[C@H](CCCN=C(N)N)NC(=O)[C@H](CCCNC(N)=O)NC(=O)C(NC(=O)CCCCCN1C(=O)C=CC1=O)C(C)C. The van der Waals surface area contributed by atoms with E-state index in [1.165, 1.54) is 12.2 Å². The Labute approximate surface area is 258 Å². The van der Waals surface area contributed by atoms with Gasteiger partial charge in [-0.15, -0.1) is 0 Å². The standard InChI is InChI=1S/C27H44BN9O7/c1-16(2)22(36-19(38)10-4-3-5-15-37-20(39)11-12-21(37)40)25(43)35-18(9-7-14-33-27(31)44)24(42)34-17(23(28)41)8-6-13-32-26(29)30/h11-12,16-18,22H,3-10,13-15H2,1-2H3,(H,34,42)(H,35,43)(H,36,38)(H4,29,30,32)(H3,31,33,44)/t17-,18-,22?/m0/s1. The van der Waals surface area contributed by atoms with Gasteiger partial charge >= 0.3 is 6.03 Å². The van der Waals surface area contributed by atoms with Crippen LogP contribution >= 0.6 is 0 Å². The number of hydrogen-bond donors (Lipinski definition) is 7. The van der Waals surface area contributed by atoms with Crippen LogP contribution in [0.5, 0.6) is 0 Å². The molecule has 1 aliphatic rings. The third-order valence-corrected chi connectivity index (χ3v) is 6.66. The van der Waals surface area contributed by atoms with Crippen LogP contribution < -0.4 is 38.5 Å². The number of guanidine groups is 1. The average molecular weight is 618 g/mol. The van der Waals surface area contributed by atoms with Crippen molar-refractivity contribution in [3.05, 3.63) is 12.2 Å². The molecule has 10 N–H and O–H groups in total. The number of carbonyl (C=O) groups excluding carboxylic acids is 7. The summed E-state index contributed by atoms with van der Waals surface area (Å²) >= 11 is 0. The maximum Gasteiger partial charge on any atom is 0.312 e. The number of nitrogens with two attached hydrogens (primary N) is 3. The first-order valence-electron chi connectivity index (χ1n) is 14.5. The summed E-state index contributed by atoms with van der Waals surface area (Å²) in [6.07, 6.45) is 4.95. The fourth-order valence-corrected chi connectivity index (χ4v) is 4.27. The minimum absolute atomic E-state index is 0.0770. The molecule has 0 aromatic carbocycles. The van der Waals surface area contributed by atoms with Crippen molar-refractivity contribution in [3.63, 3.8) is 0 Å². The number of urea groups is 1. The molecule has 0 aliphatic carbocycles. The third-order valence-electron chi connectivity index (χ3n) is 6.66. The van der Waals surface area contributed by atoms with Crippen LogP contribution in [0.2, 0.25) is 0 Å². The lowest BCUT2D eigenvalue weighted by Crippen LogP contribution is -2.57. The molecule has 242 valence electrons. The molecule has 0 fully saturated rings.